The van der Waals surface area contributed by atoms with Crippen LogP contribution in [0, 0.1) is 0 Å². The van der Waals surface area contributed by atoms with Crippen molar-refractivity contribution in [1.82, 2.24) is 19.5 Å². The molecule has 17 heavy (non-hydrogen) atoms. The maximum Gasteiger partial charge on any atom is 0.282 e. The highest BCUT2D eigenvalue weighted by molar-refractivity contribution is 7.92. The van der Waals surface area contributed by atoms with E-state index in [1.54, 1.807) is 7.05 Å². The summed E-state index contributed by atoms with van der Waals surface area (Å²) >= 11 is 5.70. The fourth-order valence-corrected chi connectivity index (χ4v) is 2.30. The highest BCUT2D eigenvalue weighted by atomic mass is 35.5. The van der Waals surface area contributed by atoms with Crippen molar-refractivity contribution in [3.63, 3.8) is 0 Å². The molecule has 0 spiro atoms. The predicted molar refractivity (Wildman–Crippen MR) is 61.1 cm³/mol. The lowest BCUT2D eigenvalue weighted by molar-refractivity contribution is 0.598. The standard InChI is InChI=1S/C8H8ClN5O2S/c1-14-4-6(12-5-14)17(15,16)13-8-7(9)10-2-3-11-8/h2-5H,1H3,(H,11,13). The Morgan fingerprint density at radius 3 is 2.59 bits per heavy atom. The van der Waals surface area contributed by atoms with Gasteiger partial charge in [-0.1, -0.05) is 11.6 Å². The minimum absolute atomic E-state index is 0.0213. The molecule has 2 heterocycles. The average Bonchev–Trinajstić information content (AvgIpc) is 2.69. The Kier molecular flexibility index (Phi) is 2.99. The molecule has 0 saturated carbocycles. The number of rotatable bonds is 3. The molecule has 7 nitrogen and oxygen atoms in total. The summed E-state index contributed by atoms with van der Waals surface area (Å²) in [6.45, 7) is 0. The van der Waals surface area contributed by atoms with Gasteiger partial charge in [0, 0.05) is 25.6 Å². The van der Waals surface area contributed by atoms with Gasteiger partial charge in [0.2, 0.25) is 0 Å². The number of anilines is 1. The van der Waals surface area contributed by atoms with Crippen molar-refractivity contribution in [3.8, 4) is 0 Å². The van der Waals surface area contributed by atoms with Crippen LogP contribution in [-0.4, -0.2) is 27.9 Å². The maximum atomic E-state index is 11.9. The second kappa shape index (κ2) is 4.30. The van der Waals surface area contributed by atoms with Crippen LogP contribution in [0.2, 0.25) is 5.15 Å². The molecule has 90 valence electrons. The Bertz CT molecular complexity index is 639. The first-order valence-corrected chi connectivity index (χ1v) is 6.32. The minimum Gasteiger partial charge on any atom is -0.339 e. The number of nitrogens with zero attached hydrogens (tertiary/aromatic N) is 4. The number of hydrogen-bond donors (Lipinski definition) is 1. The van der Waals surface area contributed by atoms with Gasteiger partial charge in [-0.3, -0.25) is 4.72 Å². The first-order valence-electron chi connectivity index (χ1n) is 4.46. The summed E-state index contributed by atoms with van der Waals surface area (Å²) < 4.78 is 27.4. The lowest BCUT2D eigenvalue weighted by Crippen LogP contribution is -2.15. The van der Waals surface area contributed by atoms with Gasteiger partial charge in [-0.05, 0) is 0 Å². The van der Waals surface area contributed by atoms with Crippen molar-refractivity contribution in [1.29, 1.82) is 0 Å². The topological polar surface area (TPSA) is 89.8 Å². The molecule has 0 saturated heterocycles. The van der Waals surface area contributed by atoms with Crippen LogP contribution >= 0.6 is 11.6 Å². The Morgan fingerprint density at radius 2 is 2.00 bits per heavy atom. The smallest absolute Gasteiger partial charge is 0.282 e. The fourth-order valence-electron chi connectivity index (χ4n) is 1.10. The van der Waals surface area contributed by atoms with Gasteiger partial charge in [-0.25, -0.2) is 15.0 Å². The molecule has 0 bridgehead atoms. The molecule has 2 aromatic heterocycles. The average molecular weight is 274 g/mol. The summed E-state index contributed by atoms with van der Waals surface area (Å²) in [5.74, 6) is -0.0279. The van der Waals surface area contributed by atoms with Crippen molar-refractivity contribution in [2.24, 2.45) is 7.05 Å². The molecule has 1 N–H and O–H groups in total. The van der Waals surface area contributed by atoms with E-state index in [4.69, 9.17) is 11.6 Å². The molecule has 0 unspecified atom stereocenters. The Balaban J connectivity index is 2.33. The summed E-state index contributed by atoms with van der Waals surface area (Å²) in [5.41, 5.74) is 0. The van der Waals surface area contributed by atoms with Gasteiger partial charge >= 0.3 is 0 Å². The van der Waals surface area contributed by atoms with Crippen LogP contribution in [0.3, 0.4) is 0 Å². The second-order valence-electron chi connectivity index (χ2n) is 3.18. The molecular weight excluding hydrogens is 266 g/mol. The lowest BCUT2D eigenvalue weighted by atomic mass is 10.7. The van der Waals surface area contributed by atoms with Gasteiger partial charge in [0.15, 0.2) is 16.0 Å². The SMILES string of the molecule is Cn1cnc(S(=O)(=O)Nc2nccnc2Cl)c1. The molecule has 0 amide bonds. The van der Waals surface area contributed by atoms with E-state index in [9.17, 15) is 8.42 Å². The van der Waals surface area contributed by atoms with Gasteiger partial charge in [0.1, 0.15) is 0 Å². The molecule has 0 aliphatic carbocycles. The number of sulfonamides is 1. The molecule has 0 fully saturated rings. The second-order valence-corrected chi connectivity index (χ2v) is 5.17. The minimum atomic E-state index is -3.78. The van der Waals surface area contributed by atoms with E-state index in [-0.39, 0.29) is 16.0 Å². The molecule has 0 aliphatic rings. The van der Waals surface area contributed by atoms with Crippen LogP contribution < -0.4 is 4.72 Å². The first-order chi connectivity index (χ1) is 7.99. The summed E-state index contributed by atoms with van der Waals surface area (Å²) in [7, 11) is -2.12. The van der Waals surface area contributed by atoms with Gasteiger partial charge in [-0.15, -0.1) is 0 Å². The monoisotopic (exact) mass is 273 g/mol. The van der Waals surface area contributed by atoms with Gasteiger partial charge < -0.3 is 4.57 Å². The number of aromatic nitrogens is 4. The number of nitrogens with one attached hydrogen (secondary N) is 1. The van der Waals surface area contributed by atoms with E-state index in [2.05, 4.69) is 19.7 Å². The van der Waals surface area contributed by atoms with E-state index < -0.39 is 10.0 Å². The van der Waals surface area contributed by atoms with E-state index in [1.807, 2.05) is 0 Å². The Morgan fingerprint density at radius 1 is 1.29 bits per heavy atom. The fraction of sp³-hybridized carbons (Fsp3) is 0.125. The number of imidazole rings is 1. The third kappa shape index (κ3) is 2.53. The predicted octanol–water partition coefficient (Wildman–Crippen LogP) is 0.664. The Labute approximate surface area is 103 Å². The maximum absolute atomic E-state index is 11.9. The van der Waals surface area contributed by atoms with Crippen molar-refractivity contribution < 1.29 is 8.42 Å². The highest BCUT2D eigenvalue weighted by Gasteiger charge is 2.19. The highest BCUT2D eigenvalue weighted by Crippen LogP contribution is 2.18. The molecule has 2 aromatic rings. The van der Waals surface area contributed by atoms with Crippen molar-refractivity contribution >= 4 is 27.4 Å². The lowest BCUT2D eigenvalue weighted by Gasteiger charge is -2.04. The molecule has 0 radical (unpaired) electrons. The normalized spacial score (nSPS) is 11.4. The molecule has 0 aliphatic heterocycles. The number of halogens is 1. The third-order valence-electron chi connectivity index (χ3n) is 1.84. The van der Waals surface area contributed by atoms with Crippen LogP contribution in [0.25, 0.3) is 0 Å². The van der Waals surface area contributed by atoms with E-state index in [0.717, 1.165) is 0 Å². The third-order valence-corrected chi connectivity index (χ3v) is 3.34. The number of hydrogen-bond acceptors (Lipinski definition) is 5. The van der Waals surface area contributed by atoms with Gasteiger partial charge in [0.05, 0.1) is 6.33 Å². The largest absolute Gasteiger partial charge is 0.339 e. The Hall–Kier alpha value is -1.67. The van der Waals surface area contributed by atoms with E-state index in [1.165, 1.54) is 29.5 Å². The molecule has 2 rings (SSSR count). The van der Waals surface area contributed by atoms with Crippen LogP contribution in [-0.2, 0) is 17.1 Å². The van der Waals surface area contributed by atoms with Crippen LogP contribution in [0.4, 0.5) is 5.82 Å². The van der Waals surface area contributed by atoms with Crippen molar-refractivity contribution in [2.45, 2.75) is 5.03 Å². The van der Waals surface area contributed by atoms with Gasteiger partial charge in [0.25, 0.3) is 10.0 Å². The summed E-state index contributed by atoms with van der Waals surface area (Å²) in [6.07, 6.45) is 5.45. The summed E-state index contributed by atoms with van der Waals surface area (Å²) in [6, 6.07) is 0. The van der Waals surface area contributed by atoms with E-state index in [0.29, 0.717) is 0 Å². The van der Waals surface area contributed by atoms with Crippen LogP contribution in [0.5, 0.6) is 0 Å². The zero-order chi connectivity index (χ0) is 12.5. The van der Waals surface area contributed by atoms with Gasteiger partial charge in [-0.2, -0.15) is 8.42 Å². The van der Waals surface area contributed by atoms with Crippen LogP contribution in [0.15, 0.2) is 29.9 Å². The van der Waals surface area contributed by atoms with Crippen LogP contribution in [0.1, 0.15) is 0 Å². The summed E-state index contributed by atoms with van der Waals surface area (Å²) in [4.78, 5) is 11.2. The first kappa shape index (κ1) is 11.8. The quantitative estimate of drug-likeness (QED) is 0.887. The van der Waals surface area contributed by atoms with Crippen molar-refractivity contribution in [2.75, 3.05) is 4.72 Å². The molecule has 9 heteroatoms. The summed E-state index contributed by atoms with van der Waals surface area (Å²) in [5, 5.41) is -0.131. The molecule has 0 aromatic carbocycles. The molecule has 0 atom stereocenters. The zero-order valence-electron chi connectivity index (χ0n) is 8.70. The van der Waals surface area contributed by atoms with Crippen molar-refractivity contribution in [3.05, 3.63) is 30.1 Å². The number of aryl methyl sites for hydroxylation is 1. The zero-order valence-corrected chi connectivity index (χ0v) is 10.3. The van der Waals surface area contributed by atoms with E-state index >= 15 is 0 Å². The molecular formula is C8H8ClN5O2S.